The van der Waals surface area contributed by atoms with Gasteiger partial charge in [-0.3, -0.25) is 4.57 Å². The van der Waals surface area contributed by atoms with Crippen molar-refractivity contribution >= 4 is 54.9 Å². The van der Waals surface area contributed by atoms with Crippen LogP contribution in [0.2, 0.25) is 0 Å². The van der Waals surface area contributed by atoms with Crippen LogP contribution in [0.4, 0.5) is 0 Å². The summed E-state index contributed by atoms with van der Waals surface area (Å²) in [6.07, 6.45) is 6.80. The smallest absolute Gasteiger partial charge is 0.238 e. The predicted octanol–water partition coefficient (Wildman–Crippen LogP) is 14.5. The molecule has 3 heterocycles. The fourth-order valence-electron chi connectivity index (χ4n) is 9.36. The fraction of sp³-hybridized carbons (Fsp3) is 0.0351. The van der Waals surface area contributed by atoms with Crippen LogP contribution in [0.25, 0.3) is 106 Å². The third kappa shape index (κ3) is 5.97. The maximum Gasteiger partial charge on any atom is 0.238 e. The van der Waals surface area contributed by atoms with Crippen LogP contribution >= 0.6 is 0 Å². The quantitative estimate of drug-likeness (QED) is 0.161. The van der Waals surface area contributed by atoms with Crippen LogP contribution in [0.15, 0.2) is 212 Å². The van der Waals surface area contributed by atoms with Gasteiger partial charge in [0.2, 0.25) is 5.95 Å². The second-order valence-electron chi connectivity index (χ2n) is 15.9. The van der Waals surface area contributed by atoms with Gasteiger partial charge in [0.25, 0.3) is 0 Å². The standard InChI is InChI=1S/C57H39N5/c1-4-17-38(18-5-1)43-23-16-24-44(37-43)39-31-33-42(34-32-39)56-58-55(41-21-8-3-9-22-41)59-57(60-56)62-50-29-14-11-26-46(50)47-35-36-52-53(54(47)62)48-27-12-15-30-51(48)61(52)49-28-13-10-25-45(49)40-19-6-2-7-20-40/h1-9,11-12,14-37H,10,13H2. The highest BCUT2D eigenvalue weighted by Crippen LogP contribution is 2.44. The molecule has 0 N–H and O–H groups in total. The highest BCUT2D eigenvalue weighted by Gasteiger charge is 2.25. The Kier molecular flexibility index (Phi) is 8.56. The SMILES string of the molecule is C1=C(c2ccccc2)C(n2c3ccccc3c3c2ccc2c4ccccc4n(-c4nc(-c5ccccc5)nc(-c5ccc(-c6cccc(-c7ccccc7)c6)cc5)n4)c23)=CCC1. The van der Waals surface area contributed by atoms with Crippen molar-refractivity contribution in [2.75, 3.05) is 0 Å². The van der Waals surface area contributed by atoms with Crippen LogP contribution < -0.4 is 0 Å². The molecule has 12 rings (SSSR count). The van der Waals surface area contributed by atoms with Crippen molar-refractivity contribution in [2.45, 2.75) is 12.8 Å². The third-order valence-electron chi connectivity index (χ3n) is 12.2. The Morgan fingerprint density at radius 1 is 0.339 bits per heavy atom. The molecular weight excluding hydrogens is 755 g/mol. The average molecular weight is 794 g/mol. The minimum atomic E-state index is 0.575. The summed E-state index contributed by atoms with van der Waals surface area (Å²) in [7, 11) is 0. The largest absolute Gasteiger partial charge is 0.309 e. The maximum atomic E-state index is 5.38. The van der Waals surface area contributed by atoms with Crippen molar-refractivity contribution in [1.82, 2.24) is 24.1 Å². The van der Waals surface area contributed by atoms with E-state index < -0.39 is 0 Å². The fourth-order valence-corrected chi connectivity index (χ4v) is 9.36. The van der Waals surface area contributed by atoms with Gasteiger partial charge in [0.1, 0.15) is 0 Å². The van der Waals surface area contributed by atoms with Crippen LogP contribution in [0.3, 0.4) is 0 Å². The Hall–Kier alpha value is -8.15. The second-order valence-corrected chi connectivity index (χ2v) is 15.9. The highest BCUT2D eigenvalue weighted by atomic mass is 15.2. The van der Waals surface area contributed by atoms with Crippen molar-refractivity contribution in [3.63, 3.8) is 0 Å². The van der Waals surface area contributed by atoms with E-state index in [0.717, 1.165) is 67.9 Å². The van der Waals surface area contributed by atoms with E-state index in [1.165, 1.54) is 38.7 Å². The summed E-state index contributed by atoms with van der Waals surface area (Å²) in [6.45, 7) is 0. The summed E-state index contributed by atoms with van der Waals surface area (Å²) in [5.74, 6) is 1.81. The molecule has 0 bridgehead atoms. The zero-order chi connectivity index (χ0) is 41.0. The van der Waals surface area contributed by atoms with Gasteiger partial charge in [-0.05, 0) is 64.9 Å². The Bertz CT molecular complexity index is 3540. The number of aromatic nitrogens is 5. The van der Waals surface area contributed by atoms with E-state index in [4.69, 9.17) is 15.0 Å². The van der Waals surface area contributed by atoms with Crippen molar-refractivity contribution in [3.05, 3.63) is 218 Å². The summed E-state index contributed by atoms with van der Waals surface area (Å²) in [4.78, 5) is 15.9. The number of fused-ring (bicyclic) bond motifs is 7. The number of hydrogen-bond donors (Lipinski definition) is 0. The molecule has 0 atom stereocenters. The topological polar surface area (TPSA) is 48.5 Å². The molecule has 0 radical (unpaired) electrons. The first kappa shape index (κ1) is 35.8. The molecule has 62 heavy (non-hydrogen) atoms. The second kappa shape index (κ2) is 14.8. The van der Waals surface area contributed by atoms with E-state index in [9.17, 15) is 0 Å². The Morgan fingerprint density at radius 3 is 1.55 bits per heavy atom. The molecule has 3 aromatic heterocycles. The number of nitrogens with zero attached hydrogens (tertiary/aromatic N) is 5. The predicted molar refractivity (Wildman–Crippen MR) is 257 cm³/mol. The van der Waals surface area contributed by atoms with Gasteiger partial charge >= 0.3 is 0 Å². The number of allylic oxidation sites excluding steroid dienone is 4. The van der Waals surface area contributed by atoms with Crippen LogP contribution in [-0.2, 0) is 0 Å². The van der Waals surface area contributed by atoms with E-state index >= 15 is 0 Å². The van der Waals surface area contributed by atoms with Gasteiger partial charge in [0.05, 0.1) is 22.1 Å². The molecule has 292 valence electrons. The van der Waals surface area contributed by atoms with Crippen molar-refractivity contribution < 1.29 is 0 Å². The zero-order valence-corrected chi connectivity index (χ0v) is 33.9. The minimum absolute atomic E-state index is 0.575. The van der Waals surface area contributed by atoms with Gasteiger partial charge in [-0.25, -0.2) is 4.98 Å². The summed E-state index contributed by atoms with van der Waals surface area (Å²) < 4.78 is 4.74. The number of benzene rings is 8. The molecule has 0 amide bonds. The van der Waals surface area contributed by atoms with Gasteiger partial charge in [0, 0.05) is 43.9 Å². The molecule has 8 aromatic carbocycles. The molecule has 1 aliphatic rings. The molecule has 0 spiro atoms. The van der Waals surface area contributed by atoms with E-state index in [1.807, 2.05) is 18.2 Å². The monoisotopic (exact) mass is 793 g/mol. The first-order chi connectivity index (χ1) is 30.8. The van der Waals surface area contributed by atoms with Crippen LogP contribution in [0.5, 0.6) is 0 Å². The van der Waals surface area contributed by atoms with Crippen LogP contribution in [-0.4, -0.2) is 24.1 Å². The normalized spacial score (nSPS) is 12.9. The van der Waals surface area contributed by atoms with Crippen LogP contribution in [0.1, 0.15) is 18.4 Å². The van der Waals surface area contributed by atoms with E-state index in [1.54, 1.807) is 0 Å². The first-order valence-electron chi connectivity index (χ1n) is 21.3. The molecule has 1 aliphatic carbocycles. The molecule has 11 aromatic rings. The minimum Gasteiger partial charge on any atom is -0.309 e. The van der Waals surface area contributed by atoms with Gasteiger partial charge in [0.15, 0.2) is 11.6 Å². The number of hydrogen-bond acceptors (Lipinski definition) is 3. The lowest BCUT2D eigenvalue weighted by Crippen LogP contribution is -2.06. The van der Waals surface area contributed by atoms with Gasteiger partial charge in [-0.2, -0.15) is 9.97 Å². The lowest BCUT2D eigenvalue weighted by molar-refractivity contribution is 0.955. The molecule has 0 fully saturated rings. The van der Waals surface area contributed by atoms with E-state index in [2.05, 4.69) is 203 Å². The highest BCUT2D eigenvalue weighted by molar-refractivity contribution is 6.27. The molecule has 5 heteroatoms. The molecule has 0 saturated carbocycles. The summed E-state index contributed by atoms with van der Waals surface area (Å²) in [5.41, 5.74) is 14.6. The summed E-state index contributed by atoms with van der Waals surface area (Å²) >= 11 is 0. The van der Waals surface area contributed by atoms with Crippen molar-refractivity contribution in [3.8, 4) is 51.0 Å². The lowest BCUT2D eigenvalue weighted by Gasteiger charge is -2.20. The Labute approximate surface area is 359 Å². The van der Waals surface area contributed by atoms with Crippen LogP contribution in [0, 0.1) is 0 Å². The van der Waals surface area contributed by atoms with Crippen molar-refractivity contribution in [2.24, 2.45) is 0 Å². The molecule has 0 aliphatic heterocycles. The molecular formula is C57H39N5. The molecule has 0 saturated heterocycles. The maximum absolute atomic E-state index is 5.38. The average Bonchev–Trinajstić information content (AvgIpc) is 3.88. The summed E-state index contributed by atoms with van der Waals surface area (Å²) in [6, 6.07) is 70.9. The zero-order valence-electron chi connectivity index (χ0n) is 33.9. The lowest BCUT2D eigenvalue weighted by atomic mass is 9.96. The first-order valence-corrected chi connectivity index (χ1v) is 21.3. The van der Waals surface area contributed by atoms with Gasteiger partial charge in [-0.15, -0.1) is 0 Å². The number of para-hydroxylation sites is 2. The van der Waals surface area contributed by atoms with Crippen molar-refractivity contribution in [1.29, 1.82) is 0 Å². The van der Waals surface area contributed by atoms with Gasteiger partial charge < -0.3 is 4.57 Å². The molecule has 5 nitrogen and oxygen atoms in total. The number of rotatable bonds is 7. The van der Waals surface area contributed by atoms with E-state index in [-0.39, 0.29) is 0 Å². The van der Waals surface area contributed by atoms with Gasteiger partial charge in [-0.1, -0.05) is 188 Å². The van der Waals surface area contributed by atoms with E-state index in [0.29, 0.717) is 17.6 Å². The molecule has 0 unspecified atom stereocenters. The summed E-state index contributed by atoms with van der Waals surface area (Å²) in [5, 5.41) is 4.64. The third-order valence-corrected chi connectivity index (χ3v) is 12.2. The Balaban J connectivity index is 1.08. The Morgan fingerprint density at radius 2 is 0.855 bits per heavy atom.